The zero-order chi connectivity index (χ0) is 20.7. The van der Waals surface area contributed by atoms with Crippen LogP contribution in [0.5, 0.6) is 0 Å². The first kappa shape index (κ1) is 18.9. The number of amides is 2. The SMILES string of the molecule is O=C(Nc1ccc2c(c1)CCC2)c1cc2n(n1)CCN(Cc1cccc(Cl)c1)C2=O. The van der Waals surface area contributed by atoms with Crippen LogP contribution in [0, 0.1) is 0 Å². The van der Waals surface area contributed by atoms with Crippen LogP contribution in [0.3, 0.4) is 0 Å². The molecule has 2 aliphatic rings. The molecule has 5 rings (SSSR count). The predicted octanol–water partition coefficient (Wildman–Crippen LogP) is 3.93. The molecule has 7 heteroatoms. The number of nitrogens with one attached hydrogen (secondary N) is 1. The van der Waals surface area contributed by atoms with E-state index in [2.05, 4.69) is 16.5 Å². The molecule has 0 spiro atoms. The van der Waals surface area contributed by atoms with Crippen LogP contribution in [0.15, 0.2) is 48.5 Å². The topological polar surface area (TPSA) is 67.2 Å². The Morgan fingerprint density at radius 2 is 1.93 bits per heavy atom. The van der Waals surface area contributed by atoms with Crippen molar-refractivity contribution in [3.8, 4) is 0 Å². The summed E-state index contributed by atoms with van der Waals surface area (Å²) in [4.78, 5) is 27.4. The highest BCUT2D eigenvalue weighted by Gasteiger charge is 2.28. The number of carbonyl (C=O) groups is 2. The highest BCUT2D eigenvalue weighted by molar-refractivity contribution is 6.30. The number of aromatic nitrogens is 2. The van der Waals surface area contributed by atoms with E-state index in [0.29, 0.717) is 30.4 Å². The van der Waals surface area contributed by atoms with Crippen molar-refractivity contribution in [3.05, 3.63) is 81.6 Å². The van der Waals surface area contributed by atoms with Crippen molar-refractivity contribution in [2.45, 2.75) is 32.4 Å². The number of hydrogen-bond acceptors (Lipinski definition) is 3. The van der Waals surface area contributed by atoms with Crippen LogP contribution < -0.4 is 5.32 Å². The fraction of sp³-hybridized carbons (Fsp3) is 0.261. The lowest BCUT2D eigenvalue weighted by Gasteiger charge is -2.27. The molecule has 6 nitrogen and oxygen atoms in total. The minimum atomic E-state index is -0.302. The Kier molecular flexibility index (Phi) is 4.79. The van der Waals surface area contributed by atoms with Gasteiger partial charge in [0, 0.05) is 29.9 Å². The van der Waals surface area contributed by atoms with Gasteiger partial charge in [-0.3, -0.25) is 14.3 Å². The van der Waals surface area contributed by atoms with Gasteiger partial charge in [-0.25, -0.2) is 0 Å². The third-order valence-electron chi connectivity index (χ3n) is 5.72. The van der Waals surface area contributed by atoms with Crippen LogP contribution in [-0.4, -0.2) is 33.0 Å². The molecule has 1 aliphatic carbocycles. The highest BCUT2D eigenvalue weighted by atomic mass is 35.5. The Morgan fingerprint density at radius 3 is 2.80 bits per heavy atom. The molecule has 0 bridgehead atoms. The van der Waals surface area contributed by atoms with Crippen LogP contribution >= 0.6 is 11.6 Å². The first-order valence-electron chi connectivity index (χ1n) is 10.1. The van der Waals surface area contributed by atoms with Gasteiger partial charge in [0.15, 0.2) is 5.69 Å². The molecule has 0 fully saturated rings. The summed E-state index contributed by atoms with van der Waals surface area (Å²) in [5, 5.41) is 7.92. The van der Waals surface area contributed by atoms with Crippen LogP contribution in [0.4, 0.5) is 5.69 Å². The van der Waals surface area contributed by atoms with Crippen molar-refractivity contribution in [3.63, 3.8) is 0 Å². The van der Waals surface area contributed by atoms with Crippen molar-refractivity contribution in [2.75, 3.05) is 11.9 Å². The number of rotatable bonds is 4. The number of fused-ring (bicyclic) bond motifs is 2. The van der Waals surface area contributed by atoms with E-state index < -0.39 is 0 Å². The summed E-state index contributed by atoms with van der Waals surface area (Å²) < 4.78 is 1.62. The standard InChI is InChI=1S/C23H21ClN4O2/c24-18-6-1-3-15(11-18)14-27-9-10-28-21(23(27)30)13-20(26-28)22(29)25-19-8-7-16-4-2-5-17(16)12-19/h1,3,6-8,11-13H,2,4-5,9-10,14H2,(H,25,29). The average Bonchev–Trinajstić information content (AvgIpc) is 3.37. The molecule has 1 aliphatic heterocycles. The zero-order valence-electron chi connectivity index (χ0n) is 16.4. The van der Waals surface area contributed by atoms with Crippen LogP contribution in [0.2, 0.25) is 5.02 Å². The molecule has 1 aromatic heterocycles. The second-order valence-electron chi connectivity index (χ2n) is 7.79. The number of halogens is 1. The molecule has 2 amide bonds. The van der Waals surface area contributed by atoms with E-state index in [4.69, 9.17) is 11.6 Å². The Morgan fingerprint density at radius 1 is 1.07 bits per heavy atom. The second kappa shape index (κ2) is 7.61. The van der Waals surface area contributed by atoms with Gasteiger partial charge in [0.05, 0.1) is 6.54 Å². The maximum absolute atomic E-state index is 12.9. The quantitative estimate of drug-likeness (QED) is 0.695. The number of hydrogen-bond donors (Lipinski definition) is 1. The van der Waals surface area contributed by atoms with E-state index >= 15 is 0 Å². The Hall–Kier alpha value is -3.12. The Bertz CT molecular complexity index is 1150. The maximum atomic E-state index is 12.9. The molecular weight excluding hydrogens is 400 g/mol. The molecular formula is C23H21ClN4O2. The average molecular weight is 421 g/mol. The van der Waals surface area contributed by atoms with Crippen LogP contribution in [-0.2, 0) is 25.9 Å². The molecule has 30 heavy (non-hydrogen) atoms. The summed E-state index contributed by atoms with van der Waals surface area (Å²) in [5.41, 5.74) is 5.07. The fourth-order valence-corrected chi connectivity index (χ4v) is 4.41. The van der Waals surface area contributed by atoms with Crippen LogP contribution in [0.1, 0.15) is 44.1 Å². The smallest absolute Gasteiger partial charge is 0.276 e. The van der Waals surface area contributed by atoms with Gasteiger partial charge in [0.2, 0.25) is 0 Å². The molecule has 3 aromatic rings. The van der Waals surface area contributed by atoms with Crippen molar-refractivity contribution in [1.82, 2.24) is 14.7 Å². The minimum absolute atomic E-state index is 0.134. The molecule has 0 saturated heterocycles. The number of nitrogens with zero attached hydrogens (tertiary/aromatic N) is 3. The van der Waals surface area contributed by atoms with E-state index in [1.54, 1.807) is 15.6 Å². The second-order valence-corrected chi connectivity index (χ2v) is 8.22. The number of benzene rings is 2. The Balaban J connectivity index is 1.31. The molecule has 0 saturated carbocycles. The summed E-state index contributed by atoms with van der Waals surface area (Å²) >= 11 is 6.05. The van der Waals surface area contributed by atoms with Gasteiger partial charge in [-0.2, -0.15) is 5.10 Å². The summed E-state index contributed by atoms with van der Waals surface area (Å²) in [6.45, 7) is 1.56. The molecule has 2 heterocycles. The zero-order valence-corrected chi connectivity index (χ0v) is 17.2. The maximum Gasteiger partial charge on any atom is 0.276 e. The fourth-order valence-electron chi connectivity index (χ4n) is 4.20. The van der Waals surface area contributed by atoms with E-state index in [9.17, 15) is 9.59 Å². The molecule has 2 aromatic carbocycles. The molecule has 152 valence electrons. The van der Waals surface area contributed by atoms with E-state index in [1.807, 2.05) is 36.4 Å². The summed E-state index contributed by atoms with van der Waals surface area (Å²) in [6.07, 6.45) is 3.31. The first-order chi connectivity index (χ1) is 14.6. The number of aryl methyl sites for hydroxylation is 2. The lowest BCUT2D eigenvalue weighted by molar-refractivity contribution is 0.0683. The van der Waals surface area contributed by atoms with Crippen molar-refractivity contribution in [2.24, 2.45) is 0 Å². The van der Waals surface area contributed by atoms with E-state index in [1.165, 1.54) is 11.1 Å². The first-order valence-corrected chi connectivity index (χ1v) is 10.5. The van der Waals surface area contributed by atoms with Gasteiger partial charge < -0.3 is 10.2 Å². The summed E-state index contributed by atoms with van der Waals surface area (Å²) in [7, 11) is 0. The van der Waals surface area contributed by atoms with Crippen molar-refractivity contribution < 1.29 is 9.59 Å². The predicted molar refractivity (Wildman–Crippen MR) is 115 cm³/mol. The lowest BCUT2D eigenvalue weighted by Crippen LogP contribution is -2.39. The third kappa shape index (κ3) is 3.59. The lowest BCUT2D eigenvalue weighted by atomic mass is 10.1. The minimum Gasteiger partial charge on any atom is -0.331 e. The van der Waals surface area contributed by atoms with Gasteiger partial charge in [-0.1, -0.05) is 29.8 Å². The largest absolute Gasteiger partial charge is 0.331 e. The van der Waals surface area contributed by atoms with E-state index in [0.717, 1.165) is 30.5 Å². The van der Waals surface area contributed by atoms with Gasteiger partial charge in [-0.15, -0.1) is 0 Å². The molecule has 1 N–H and O–H groups in total. The van der Waals surface area contributed by atoms with Gasteiger partial charge in [-0.05, 0) is 60.2 Å². The van der Waals surface area contributed by atoms with Crippen molar-refractivity contribution in [1.29, 1.82) is 0 Å². The van der Waals surface area contributed by atoms with Gasteiger partial charge >= 0.3 is 0 Å². The van der Waals surface area contributed by atoms with Crippen LogP contribution in [0.25, 0.3) is 0 Å². The number of carbonyl (C=O) groups excluding carboxylic acids is 2. The van der Waals surface area contributed by atoms with Gasteiger partial charge in [0.1, 0.15) is 5.69 Å². The highest BCUT2D eigenvalue weighted by Crippen LogP contribution is 2.25. The molecule has 0 radical (unpaired) electrons. The van der Waals surface area contributed by atoms with Gasteiger partial charge in [0.25, 0.3) is 11.8 Å². The van der Waals surface area contributed by atoms with Crippen molar-refractivity contribution >= 4 is 29.1 Å². The van der Waals surface area contributed by atoms with E-state index in [-0.39, 0.29) is 17.5 Å². The summed E-state index contributed by atoms with van der Waals surface area (Å²) in [6, 6.07) is 15.1. The third-order valence-corrected chi connectivity index (χ3v) is 5.95. The molecule has 0 atom stereocenters. The number of anilines is 1. The molecule has 0 unspecified atom stereocenters. The monoisotopic (exact) mass is 420 g/mol. The summed E-state index contributed by atoms with van der Waals surface area (Å²) in [5.74, 6) is -0.436. The normalized spacial score (nSPS) is 15.1. The Labute approximate surface area is 179 Å².